The van der Waals surface area contributed by atoms with Gasteiger partial charge in [0.25, 0.3) is 0 Å². The number of nitrogens with one attached hydrogen (secondary N) is 2. The van der Waals surface area contributed by atoms with Crippen LogP contribution < -0.4 is 10.6 Å². The molecule has 3 nitrogen and oxygen atoms in total. The molecule has 1 amide bonds. The number of rotatable bonds is 6. The highest BCUT2D eigenvalue weighted by molar-refractivity contribution is 7.99. The van der Waals surface area contributed by atoms with E-state index in [-0.39, 0.29) is 5.91 Å². The second-order valence-electron chi connectivity index (χ2n) is 6.74. The van der Waals surface area contributed by atoms with E-state index in [0.29, 0.717) is 29.5 Å². The molecule has 0 aromatic heterocycles. The van der Waals surface area contributed by atoms with Crippen LogP contribution in [0, 0.1) is 11.8 Å². The summed E-state index contributed by atoms with van der Waals surface area (Å²) in [5.41, 5.74) is 0. The summed E-state index contributed by atoms with van der Waals surface area (Å²) in [6.45, 7) is 6.70. The van der Waals surface area contributed by atoms with Crippen molar-refractivity contribution < 1.29 is 4.79 Å². The number of amides is 1. The predicted molar refractivity (Wildman–Crippen MR) is 91.7 cm³/mol. The number of hydrogen-bond donors (Lipinski definition) is 2. The van der Waals surface area contributed by atoms with E-state index in [0.717, 1.165) is 18.8 Å². The fourth-order valence-electron chi connectivity index (χ4n) is 3.76. The lowest BCUT2D eigenvalue weighted by atomic mass is 9.85. The third-order valence-corrected chi connectivity index (χ3v) is 6.40. The zero-order valence-electron chi connectivity index (χ0n) is 13.7. The Morgan fingerprint density at radius 2 is 2.10 bits per heavy atom. The van der Waals surface area contributed by atoms with Gasteiger partial charge in [-0.05, 0) is 56.4 Å². The number of carbonyl (C=O) groups is 1. The van der Waals surface area contributed by atoms with Crippen molar-refractivity contribution in [3.05, 3.63) is 0 Å². The van der Waals surface area contributed by atoms with Crippen molar-refractivity contribution in [2.24, 2.45) is 11.8 Å². The molecule has 122 valence electrons. The highest BCUT2D eigenvalue weighted by atomic mass is 32.2. The van der Waals surface area contributed by atoms with E-state index in [2.05, 4.69) is 24.5 Å². The first-order valence-electron chi connectivity index (χ1n) is 8.82. The third-order valence-electron chi connectivity index (χ3n) is 5.08. The summed E-state index contributed by atoms with van der Waals surface area (Å²) >= 11 is 2.02. The third kappa shape index (κ3) is 5.48. The van der Waals surface area contributed by atoms with Crippen molar-refractivity contribution >= 4 is 17.7 Å². The standard InChI is InChI=1S/C17H32N2OS/c1-3-21-16-9-5-4-8-15(16)19-17(20)11-13(2)14-7-6-10-18-12-14/h13-16,18H,3-12H2,1-2H3,(H,19,20). The molecule has 0 bridgehead atoms. The van der Waals surface area contributed by atoms with E-state index >= 15 is 0 Å². The van der Waals surface area contributed by atoms with Crippen LogP contribution >= 0.6 is 11.8 Å². The normalized spacial score (nSPS) is 31.6. The lowest BCUT2D eigenvalue weighted by molar-refractivity contribution is -0.123. The van der Waals surface area contributed by atoms with Gasteiger partial charge in [0.1, 0.15) is 0 Å². The van der Waals surface area contributed by atoms with Crippen LogP contribution in [0.2, 0.25) is 0 Å². The van der Waals surface area contributed by atoms with Gasteiger partial charge in [0.15, 0.2) is 0 Å². The Morgan fingerprint density at radius 1 is 1.29 bits per heavy atom. The summed E-state index contributed by atoms with van der Waals surface area (Å²) < 4.78 is 0. The molecule has 1 saturated heterocycles. The number of hydrogen-bond acceptors (Lipinski definition) is 3. The minimum absolute atomic E-state index is 0.279. The molecule has 0 spiro atoms. The molecule has 4 unspecified atom stereocenters. The van der Waals surface area contributed by atoms with Gasteiger partial charge in [-0.2, -0.15) is 11.8 Å². The van der Waals surface area contributed by atoms with E-state index in [1.165, 1.54) is 38.5 Å². The first-order valence-corrected chi connectivity index (χ1v) is 9.87. The van der Waals surface area contributed by atoms with Crippen LogP contribution in [-0.4, -0.2) is 36.0 Å². The fraction of sp³-hybridized carbons (Fsp3) is 0.941. The topological polar surface area (TPSA) is 41.1 Å². The maximum Gasteiger partial charge on any atom is 0.220 e. The van der Waals surface area contributed by atoms with Crippen molar-refractivity contribution in [1.29, 1.82) is 0 Å². The predicted octanol–water partition coefficient (Wildman–Crippen LogP) is 3.19. The fourth-order valence-corrected chi connectivity index (χ4v) is 4.96. The van der Waals surface area contributed by atoms with Crippen LogP contribution in [-0.2, 0) is 4.79 Å². The molecule has 0 aromatic rings. The lowest BCUT2D eigenvalue weighted by Gasteiger charge is -2.33. The molecule has 1 aliphatic carbocycles. The van der Waals surface area contributed by atoms with E-state index in [1.54, 1.807) is 0 Å². The van der Waals surface area contributed by atoms with Gasteiger partial charge in [-0.15, -0.1) is 0 Å². The lowest BCUT2D eigenvalue weighted by Crippen LogP contribution is -2.45. The summed E-state index contributed by atoms with van der Waals surface area (Å²) in [5.74, 6) is 2.61. The van der Waals surface area contributed by atoms with Crippen LogP contribution in [0.15, 0.2) is 0 Å². The Bertz CT molecular complexity index is 316. The van der Waals surface area contributed by atoms with Crippen molar-refractivity contribution in [2.75, 3.05) is 18.8 Å². The van der Waals surface area contributed by atoms with E-state index in [4.69, 9.17) is 0 Å². The molecule has 0 radical (unpaired) electrons. The molecule has 1 heterocycles. The average molecular weight is 313 g/mol. The minimum Gasteiger partial charge on any atom is -0.352 e. The molecule has 1 aliphatic heterocycles. The average Bonchev–Trinajstić information content (AvgIpc) is 2.50. The molecule has 1 saturated carbocycles. The zero-order chi connectivity index (χ0) is 15.1. The van der Waals surface area contributed by atoms with Crippen molar-refractivity contribution in [2.45, 2.75) is 70.1 Å². The van der Waals surface area contributed by atoms with Crippen molar-refractivity contribution in [1.82, 2.24) is 10.6 Å². The smallest absolute Gasteiger partial charge is 0.220 e. The number of piperidine rings is 1. The second-order valence-corrected chi connectivity index (χ2v) is 8.26. The first kappa shape index (κ1) is 17.1. The van der Waals surface area contributed by atoms with Gasteiger partial charge in [-0.25, -0.2) is 0 Å². The maximum absolute atomic E-state index is 12.4. The van der Waals surface area contributed by atoms with Crippen LogP contribution in [0.25, 0.3) is 0 Å². The summed E-state index contributed by atoms with van der Waals surface area (Å²) in [6, 6.07) is 0.410. The van der Waals surface area contributed by atoms with Crippen LogP contribution in [0.3, 0.4) is 0 Å². The molecule has 2 N–H and O–H groups in total. The Labute approximate surface area is 134 Å². The highest BCUT2D eigenvalue weighted by Gasteiger charge is 2.28. The van der Waals surface area contributed by atoms with E-state index in [1.807, 2.05) is 11.8 Å². The Kier molecular flexibility index (Phi) is 7.38. The van der Waals surface area contributed by atoms with Gasteiger partial charge in [0.2, 0.25) is 5.91 Å². The SMILES string of the molecule is CCSC1CCCCC1NC(=O)CC(C)C1CCCNC1. The monoisotopic (exact) mass is 312 g/mol. The molecule has 21 heavy (non-hydrogen) atoms. The summed E-state index contributed by atoms with van der Waals surface area (Å²) in [7, 11) is 0. The van der Waals surface area contributed by atoms with Gasteiger partial charge in [-0.3, -0.25) is 4.79 Å². The summed E-state index contributed by atoms with van der Waals surface area (Å²) in [6.07, 6.45) is 8.27. The van der Waals surface area contributed by atoms with Crippen LogP contribution in [0.5, 0.6) is 0 Å². The highest BCUT2D eigenvalue weighted by Crippen LogP contribution is 2.29. The largest absolute Gasteiger partial charge is 0.352 e. The molecule has 0 aromatic carbocycles. The Morgan fingerprint density at radius 3 is 2.81 bits per heavy atom. The van der Waals surface area contributed by atoms with Gasteiger partial charge >= 0.3 is 0 Å². The number of thioether (sulfide) groups is 1. The van der Waals surface area contributed by atoms with Gasteiger partial charge < -0.3 is 10.6 Å². The van der Waals surface area contributed by atoms with E-state index in [9.17, 15) is 4.79 Å². The molecule has 4 atom stereocenters. The zero-order valence-corrected chi connectivity index (χ0v) is 14.5. The molecule has 2 aliphatic rings. The Balaban J connectivity index is 1.76. The Hall–Kier alpha value is -0.220. The van der Waals surface area contributed by atoms with Crippen LogP contribution in [0.4, 0.5) is 0 Å². The molecule has 2 fully saturated rings. The quantitative estimate of drug-likeness (QED) is 0.791. The maximum atomic E-state index is 12.4. The first-order chi connectivity index (χ1) is 10.2. The van der Waals surface area contributed by atoms with Crippen molar-refractivity contribution in [3.63, 3.8) is 0 Å². The van der Waals surface area contributed by atoms with Gasteiger partial charge in [-0.1, -0.05) is 26.7 Å². The molecule has 4 heteroatoms. The molecule has 2 rings (SSSR count). The summed E-state index contributed by atoms with van der Waals surface area (Å²) in [4.78, 5) is 12.4. The van der Waals surface area contributed by atoms with Gasteiger partial charge in [0.05, 0.1) is 0 Å². The molecular weight excluding hydrogens is 280 g/mol. The van der Waals surface area contributed by atoms with Crippen LogP contribution in [0.1, 0.15) is 58.8 Å². The van der Waals surface area contributed by atoms with Gasteiger partial charge in [0, 0.05) is 17.7 Å². The summed E-state index contributed by atoms with van der Waals surface area (Å²) in [5, 5.41) is 7.44. The second kappa shape index (κ2) is 9.04. The minimum atomic E-state index is 0.279. The van der Waals surface area contributed by atoms with E-state index < -0.39 is 0 Å². The number of carbonyl (C=O) groups excluding carboxylic acids is 1. The molecular formula is C17H32N2OS. The van der Waals surface area contributed by atoms with Crippen molar-refractivity contribution in [3.8, 4) is 0 Å².